The molecule has 1 heterocycles. The minimum atomic E-state index is -0.625. The van der Waals surface area contributed by atoms with Gasteiger partial charge in [-0.3, -0.25) is 4.68 Å². The van der Waals surface area contributed by atoms with Crippen LogP contribution < -0.4 is 5.73 Å². The number of aromatic nitrogens is 2. The van der Waals surface area contributed by atoms with Gasteiger partial charge in [0.2, 0.25) is 0 Å². The van der Waals surface area contributed by atoms with Crippen LogP contribution >= 0.6 is 11.8 Å². The number of rotatable bonds is 4. The molecule has 0 saturated carbocycles. The van der Waals surface area contributed by atoms with Crippen molar-refractivity contribution in [2.24, 2.45) is 0 Å². The Hall–Kier alpha value is -1.56. The number of thioether (sulfide) groups is 1. The van der Waals surface area contributed by atoms with E-state index < -0.39 is 11.6 Å². The molecule has 0 fully saturated rings. The third-order valence-electron chi connectivity index (χ3n) is 2.41. The van der Waals surface area contributed by atoms with E-state index in [2.05, 4.69) is 5.10 Å². The fraction of sp³-hybridized carbons (Fsp3) is 0.250. The van der Waals surface area contributed by atoms with Gasteiger partial charge in [-0.15, -0.1) is 11.8 Å². The fourth-order valence-corrected chi connectivity index (χ4v) is 2.38. The number of anilines is 1. The second-order valence-electron chi connectivity index (χ2n) is 3.81. The largest absolute Gasteiger partial charge is 0.399 e. The van der Waals surface area contributed by atoms with Crippen molar-refractivity contribution in [3.8, 4) is 0 Å². The van der Waals surface area contributed by atoms with Crippen molar-refractivity contribution in [2.45, 2.75) is 24.1 Å². The van der Waals surface area contributed by atoms with Crippen LogP contribution in [-0.4, -0.2) is 9.78 Å². The summed E-state index contributed by atoms with van der Waals surface area (Å²) in [6.07, 6.45) is 3.56. The molecule has 0 aliphatic rings. The van der Waals surface area contributed by atoms with Crippen molar-refractivity contribution < 1.29 is 8.78 Å². The summed E-state index contributed by atoms with van der Waals surface area (Å²) in [5.74, 6) is -0.779. The lowest BCUT2D eigenvalue weighted by atomic mass is 10.3. The van der Waals surface area contributed by atoms with Crippen LogP contribution in [0.4, 0.5) is 14.5 Å². The summed E-state index contributed by atoms with van der Waals surface area (Å²) in [6.45, 7) is 2.75. The van der Waals surface area contributed by atoms with Gasteiger partial charge in [-0.2, -0.15) is 5.10 Å². The molecule has 96 valence electrons. The first-order valence-corrected chi connectivity index (χ1v) is 6.47. The van der Waals surface area contributed by atoms with Crippen LogP contribution in [0.25, 0.3) is 0 Å². The Labute approximate surface area is 108 Å². The van der Waals surface area contributed by atoms with Crippen molar-refractivity contribution >= 4 is 17.4 Å². The maximum Gasteiger partial charge on any atom is 0.141 e. The van der Waals surface area contributed by atoms with Crippen LogP contribution in [0.3, 0.4) is 0 Å². The number of hydrogen-bond donors (Lipinski definition) is 1. The van der Waals surface area contributed by atoms with Gasteiger partial charge < -0.3 is 5.73 Å². The summed E-state index contributed by atoms with van der Waals surface area (Å²) in [6, 6.07) is 2.25. The van der Waals surface area contributed by atoms with Crippen molar-refractivity contribution in [1.82, 2.24) is 9.78 Å². The molecule has 6 heteroatoms. The third-order valence-corrected chi connectivity index (χ3v) is 3.57. The fourth-order valence-electron chi connectivity index (χ4n) is 1.53. The molecular formula is C12H13F2N3S. The molecule has 0 bridgehead atoms. The maximum absolute atomic E-state index is 13.5. The smallest absolute Gasteiger partial charge is 0.141 e. The molecule has 2 aromatic rings. The summed E-state index contributed by atoms with van der Waals surface area (Å²) >= 11 is 1.10. The first-order chi connectivity index (χ1) is 8.60. The second kappa shape index (κ2) is 5.39. The highest BCUT2D eigenvalue weighted by molar-refractivity contribution is 7.98. The number of benzene rings is 1. The molecule has 3 nitrogen and oxygen atoms in total. The molecule has 0 unspecified atom stereocenters. The van der Waals surface area contributed by atoms with E-state index >= 15 is 0 Å². The summed E-state index contributed by atoms with van der Waals surface area (Å²) in [7, 11) is 0. The number of aryl methyl sites for hydroxylation is 1. The molecule has 1 aromatic carbocycles. The molecule has 0 amide bonds. The predicted octanol–water partition coefficient (Wildman–Crippen LogP) is 3.06. The van der Waals surface area contributed by atoms with Gasteiger partial charge in [0.25, 0.3) is 0 Å². The molecule has 18 heavy (non-hydrogen) atoms. The van der Waals surface area contributed by atoms with Gasteiger partial charge in [-0.1, -0.05) is 0 Å². The highest BCUT2D eigenvalue weighted by Gasteiger charge is 2.11. The van der Waals surface area contributed by atoms with Gasteiger partial charge in [0.1, 0.15) is 11.6 Å². The predicted molar refractivity (Wildman–Crippen MR) is 68.2 cm³/mol. The standard InChI is InChI=1S/C12H13F2N3S/c1-2-17-6-8(5-16-17)7-18-12-10(13)3-9(15)4-11(12)14/h3-6H,2,7,15H2,1H3. The lowest BCUT2D eigenvalue weighted by Crippen LogP contribution is -1.94. The molecule has 0 saturated heterocycles. The summed E-state index contributed by atoms with van der Waals surface area (Å²) in [5, 5.41) is 4.10. The Morgan fingerprint density at radius 2 is 2.00 bits per heavy atom. The molecule has 0 spiro atoms. The van der Waals surface area contributed by atoms with Crippen molar-refractivity contribution in [1.29, 1.82) is 0 Å². The lowest BCUT2D eigenvalue weighted by Gasteiger charge is -2.04. The van der Waals surface area contributed by atoms with Gasteiger partial charge in [-0.05, 0) is 19.1 Å². The average Bonchev–Trinajstić information content (AvgIpc) is 2.75. The third kappa shape index (κ3) is 2.81. The number of hydrogen-bond acceptors (Lipinski definition) is 3. The summed E-state index contributed by atoms with van der Waals surface area (Å²) in [4.78, 5) is -0.00607. The number of nitrogens with zero attached hydrogens (tertiary/aromatic N) is 2. The Morgan fingerprint density at radius 1 is 1.33 bits per heavy atom. The lowest BCUT2D eigenvalue weighted by molar-refractivity contribution is 0.542. The van der Waals surface area contributed by atoms with Crippen LogP contribution in [0.15, 0.2) is 29.4 Å². The van der Waals surface area contributed by atoms with E-state index in [1.807, 2.05) is 13.1 Å². The monoisotopic (exact) mass is 269 g/mol. The maximum atomic E-state index is 13.5. The van der Waals surface area contributed by atoms with Crippen LogP contribution in [0.1, 0.15) is 12.5 Å². The molecule has 2 rings (SSSR count). The van der Waals surface area contributed by atoms with E-state index in [4.69, 9.17) is 5.73 Å². The van der Waals surface area contributed by atoms with E-state index in [1.54, 1.807) is 10.9 Å². The zero-order valence-corrected chi connectivity index (χ0v) is 10.7. The van der Waals surface area contributed by atoms with E-state index in [9.17, 15) is 8.78 Å². The van der Waals surface area contributed by atoms with Crippen molar-refractivity contribution in [3.63, 3.8) is 0 Å². The first kappa shape index (κ1) is 12.9. The van der Waals surface area contributed by atoms with Crippen LogP contribution in [0.5, 0.6) is 0 Å². The topological polar surface area (TPSA) is 43.8 Å². The second-order valence-corrected chi connectivity index (χ2v) is 4.79. The summed E-state index contributed by atoms with van der Waals surface area (Å²) in [5.41, 5.74) is 6.37. The molecule has 2 N–H and O–H groups in total. The molecule has 0 aliphatic carbocycles. The van der Waals surface area contributed by atoms with E-state index in [0.29, 0.717) is 5.75 Å². The van der Waals surface area contributed by atoms with Gasteiger partial charge in [-0.25, -0.2) is 8.78 Å². The van der Waals surface area contributed by atoms with Gasteiger partial charge in [0.15, 0.2) is 0 Å². The first-order valence-electron chi connectivity index (χ1n) is 5.48. The van der Waals surface area contributed by atoms with Crippen molar-refractivity contribution in [2.75, 3.05) is 5.73 Å². The summed E-state index contributed by atoms with van der Waals surface area (Å²) < 4.78 is 28.8. The number of nitrogen functional groups attached to an aromatic ring is 1. The molecule has 0 aliphatic heterocycles. The van der Waals surface area contributed by atoms with E-state index in [1.165, 1.54) is 0 Å². The Morgan fingerprint density at radius 3 is 2.56 bits per heavy atom. The van der Waals surface area contributed by atoms with E-state index in [-0.39, 0.29) is 10.6 Å². The SMILES string of the molecule is CCn1cc(CSc2c(F)cc(N)cc2F)cn1. The average molecular weight is 269 g/mol. The molecule has 1 aromatic heterocycles. The molecule has 0 radical (unpaired) electrons. The Balaban J connectivity index is 2.10. The molecular weight excluding hydrogens is 256 g/mol. The zero-order chi connectivity index (χ0) is 13.1. The van der Waals surface area contributed by atoms with Crippen LogP contribution in [0.2, 0.25) is 0 Å². The van der Waals surface area contributed by atoms with Crippen LogP contribution in [0, 0.1) is 11.6 Å². The minimum Gasteiger partial charge on any atom is -0.399 e. The highest BCUT2D eigenvalue weighted by Crippen LogP contribution is 2.29. The van der Waals surface area contributed by atoms with Gasteiger partial charge in [0, 0.05) is 29.7 Å². The van der Waals surface area contributed by atoms with Gasteiger partial charge in [0.05, 0.1) is 11.1 Å². The molecule has 0 atom stereocenters. The van der Waals surface area contributed by atoms with E-state index in [0.717, 1.165) is 36.0 Å². The van der Waals surface area contributed by atoms with Gasteiger partial charge >= 0.3 is 0 Å². The zero-order valence-electron chi connectivity index (χ0n) is 9.86. The number of nitrogens with two attached hydrogens (primary N) is 1. The Bertz CT molecular complexity index is 531. The van der Waals surface area contributed by atoms with Crippen LogP contribution in [-0.2, 0) is 12.3 Å². The highest BCUT2D eigenvalue weighted by atomic mass is 32.2. The van der Waals surface area contributed by atoms with Crippen molar-refractivity contribution in [3.05, 3.63) is 41.7 Å². The quantitative estimate of drug-likeness (QED) is 0.685. The number of halogens is 2. The Kier molecular flexibility index (Phi) is 3.86. The normalized spacial score (nSPS) is 10.8. The minimum absolute atomic E-state index is 0.00607.